The summed E-state index contributed by atoms with van der Waals surface area (Å²) in [6, 6.07) is 0. The van der Waals surface area contributed by atoms with Crippen LogP contribution in [0.15, 0.2) is 36.5 Å². The average Bonchev–Trinajstić information content (AvgIpc) is 3.04. The molecule has 0 saturated carbocycles. The third kappa shape index (κ3) is 36.6. The van der Waals surface area contributed by atoms with Gasteiger partial charge in [0.2, 0.25) is 0 Å². The normalized spacial score (nSPS) is 12.6. The first-order valence-corrected chi connectivity index (χ1v) is 20.0. The second-order valence-electron chi connectivity index (χ2n) is 13.4. The van der Waals surface area contributed by atoms with Gasteiger partial charge in [0.05, 0.1) is 0 Å². The van der Waals surface area contributed by atoms with Crippen LogP contribution in [-0.2, 0) is 14.3 Å². The van der Waals surface area contributed by atoms with Crippen LogP contribution < -0.4 is 0 Å². The Kier molecular flexibility index (Phi) is 36.1. The van der Waals surface area contributed by atoms with Gasteiger partial charge in [0, 0.05) is 12.8 Å². The van der Waals surface area contributed by atoms with Crippen molar-refractivity contribution in [2.45, 2.75) is 219 Å². The summed E-state index contributed by atoms with van der Waals surface area (Å²) < 4.78 is 6.04. The van der Waals surface area contributed by atoms with E-state index in [0.717, 1.165) is 77.0 Å². The Labute approximate surface area is 286 Å². The molecule has 46 heavy (non-hydrogen) atoms. The Bertz CT molecular complexity index is 738. The molecule has 4 heteroatoms. The van der Waals surface area contributed by atoms with Gasteiger partial charge in [-0.3, -0.25) is 9.59 Å². The van der Waals surface area contributed by atoms with E-state index in [9.17, 15) is 9.59 Å². The number of allylic oxidation sites excluding steroid dienone is 6. The number of ether oxygens (including phenoxy) is 1. The van der Waals surface area contributed by atoms with Crippen molar-refractivity contribution in [2.24, 2.45) is 0 Å². The van der Waals surface area contributed by atoms with Gasteiger partial charge in [-0.1, -0.05) is 166 Å². The van der Waals surface area contributed by atoms with Crippen LogP contribution in [0.4, 0.5) is 0 Å². The largest absolute Gasteiger partial charge is 0.481 e. The third-order valence-electron chi connectivity index (χ3n) is 8.88. The third-order valence-corrected chi connectivity index (χ3v) is 8.88. The molecule has 0 bridgehead atoms. The molecular weight excluding hydrogens is 568 g/mol. The molecule has 1 N–H and O–H groups in total. The number of hydrogen-bond donors (Lipinski definition) is 1. The van der Waals surface area contributed by atoms with E-state index in [1.807, 2.05) is 0 Å². The SMILES string of the molecule is CC/C=C\C/C=C\C/C=C\CCCCCCCC(=O)OC(CCCCCCCCCCC)CCCCCCCCCCCC(=O)O. The number of carbonyl (C=O) groups is 2. The van der Waals surface area contributed by atoms with Gasteiger partial charge in [-0.15, -0.1) is 0 Å². The number of carboxylic acids is 1. The summed E-state index contributed by atoms with van der Waals surface area (Å²) in [6.45, 7) is 4.44. The summed E-state index contributed by atoms with van der Waals surface area (Å²) in [5, 5.41) is 8.73. The van der Waals surface area contributed by atoms with Crippen LogP contribution in [0.25, 0.3) is 0 Å². The van der Waals surface area contributed by atoms with E-state index in [0.29, 0.717) is 12.8 Å². The molecule has 0 fully saturated rings. The number of carboxylic acid groups (broad SMARTS) is 1. The Morgan fingerprint density at radius 2 is 0.913 bits per heavy atom. The molecule has 0 aromatic heterocycles. The molecule has 0 aliphatic rings. The van der Waals surface area contributed by atoms with Crippen molar-refractivity contribution in [1.82, 2.24) is 0 Å². The van der Waals surface area contributed by atoms with Gasteiger partial charge in [0.15, 0.2) is 0 Å². The van der Waals surface area contributed by atoms with Crippen LogP contribution in [0.5, 0.6) is 0 Å². The molecular formula is C42H76O4. The summed E-state index contributed by atoms with van der Waals surface area (Å²) in [6.07, 6.45) is 48.8. The predicted molar refractivity (Wildman–Crippen MR) is 199 cm³/mol. The second kappa shape index (κ2) is 37.6. The molecule has 0 aromatic rings. The summed E-state index contributed by atoms with van der Waals surface area (Å²) in [5.74, 6) is -0.660. The fourth-order valence-electron chi connectivity index (χ4n) is 5.96. The zero-order valence-electron chi connectivity index (χ0n) is 30.6. The molecule has 0 spiro atoms. The Morgan fingerprint density at radius 1 is 0.500 bits per heavy atom. The first kappa shape index (κ1) is 44.2. The van der Waals surface area contributed by atoms with Gasteiger partial charge in [0.25, 0.3) is 0 Å². The highest BCUT2D eigenvalue weighted by molar-refractivity contribution is 5.69. The molecule has 0 saturated heterocycles. The van der Waals surface area contributed by atoms with Gasteiger partial charge in [-0.25, -0.2) is 0 Å². The van der Waals surface area contributed by atoms with Crippen LogP contribution in [0, 0.1) is 0 Å². The fourth-order valence-corrected chi connectivity index (χ4v) is 5.96. The molecule has 0 radical (unpaired) electrons. The highest BCUT2D eigenvalue weighted by Crippen LogP contribution is 2.19. The number of rotatable bonds is 36. The molecule has 0 aromatic carbocycles. The van der Waals surface area contributed by atoms with Crippen molar-refractivity contribution in [2.75, 3.05) is 0 Å². The summed E-state index contributed by atoms with van der Waals surface area (Å²) >= 11 is 0. The minimum Gasteiger partial charge on any atom is -0.481 e. The van der Waals surface area contributed by atoms with Gasteiger partial charge < -0.3 is 9.84 Å². The standard InChI is InChI=1S/C42H76O4/c1-3-5-7-9-11-13-14-15-16-17-18-23-27-31-35-39-42(45)46-40(36-32-28-24-20-12-10-8-6-4-2)37-33-29-25-21-19-22-26-30-34-38-41(43)44/h5,7,11,13,15-16,40H,3-4,6,8-10,12,14,17-39H2,1-2H3,(H,43,44)/b7-5-,13-11-,16-15-. The van der Waals surface area contributed by atoms with Crippen LogP contribution >= 0.6 is 0 Å². The van der Waals surface area contributed by atoms with Gasteiger partial charge >= 0.3 is 11.9 Å². The number of unbranched alkanes of at least 4 members (excludes halogenated alkanes) is 21. The van der Waals surface area contributed by atoms with E-state index >= 15 is 0 Å². The Balaban J connectivity index is 4.09. The number of hydrogen-bond acceptors (Lipinski definition) is 3. The molecule has 1 atom stereocenters. The molecule has 0 amide bonds. The van der Waals surface area contributed by atoms with E-state index in [4.69, 9.17) is 9.84 Å². The Hall–Kier alpha value is -1.84. The van der Waals surface area contributed by atoms with Crippen molar-refractivity contribution in [3.8, 4) is 0 Å². The first-order chi connectivity index (χ1) is 22.6. The lowest BCUT2D eigenvalue weighted by atomic mass is 10.0. The molecule has 0 rings (SSSR count). The van der Waals surface area contributed by atoms with Crippen LogP contribution in [0.1, 0.15) is 213 Å². The lowest BCUT2D eigenvalue weighted by Gasteiger charge is -2.18. The minimum absolute atomic E-state index is 0.0185. The number of aliphatic carboxylic acids is 1. The zero-order valence-corrected chi connectivity index (χ0v) is 30.6. The van der Waals surface area contributed by atoms with Crippen molar-refractivity contribution in [3.05, 3.63) is 36.5 Å². The van der Waals surface area contributed by atoms with Crippen molar-refractivity contribution in [1.29, 1.82) is 0 Å². The van der Waals surface area contributed by atoms with Crippen molar-refractivity contribution >= 4 is 11.9 Å². The maximum Gasteiger partial charge on any atom is 0.306 e. The smallest absolute Gasteiger partial charge is 0.306 e. The summed E-state index contributed by atoms with van der Waals surface area (Å²) in [5.41, 5.74) is 0. The van der Waals surface area contributed by atoms with Crippen LogP contribution in [0.2, 0.25) is 0 Å². The lowest BCUT2D eigenvalue weighted by Crippen LogP contribution is -2.18. The first-order valence-electron chi connectivity index (χ1n) is 20.0. The Morgan fingerprint density at radius 3 is 1.41 bits per heavy atom. The summed E-state index contributed by atoms with van der Waals surface area (Å²) in [7, 11) is 0. The molecule has 0 aliphatic heterocycles. The van der Waals surface area contributed by atoms with Gasteiger partial charge in [-0.05, 0) is 70.6 Å². The van der Waals surface area contributed by atoms with Crippen molar-refractivity contribution in [3.63, 3.8) is 0 Å². The van der Waals surface area contributed by atoms with E-state index in [2.05, 4.69) is 50.3 Å². The lowest BCUT2D eigenvalue weighted by molar-refractivity contribution is -0.150. The van der Waals surface area contributed by atoms with Crippen LogP contribution in [-0.4, -0.2) is 23.1 Å². The number of esters is 1. The summed E-state index contributed by atoms with van der Waals surface area (Å²) in [4.78, 5) is 23.3. The number of carbonyl (C=O) groups excluding carboxylic acids is 1. The minimum atomic E-state index is -0.679. The second-order valence-corrected chi connectivity index (χ2v) is 13.4. The van der Waals surface area contributed by atoms with Gasteiger partial charge in [0.1, 0.15) is 6.10 Å². The quantitative estimate of drug-likeness (QED) is 0.0419. The maximum atomic E-state index is 12.7. The monoisotopic (exact) mass is 645 g/mol. The highest BCUT2D eigenvalue weighted by Gasteiger charge is 2.14. The van der Waals surface area contributed by atoms with E-state index in [1.165, 1.54) is 109 Å². The molecule has 0 aliphatic carbocycles. The maximum absolute atomic E-state index is 12.7. The fraction of sp³-hybridized carbons (Fsp3) is 0.810. The predicted octanol–water partition coefficient (Wildman–Crippen LogP) is 13.8. The topological polar surface area (TPSA) is 63.6 Å². The van der Waals surface area contributed by atoms with Crippen LogP contribution in [0.3, 0.4) is 0 Å². The highest BCUT2D eigenvalue weighted by atomic mass is 16.5. The zero-order chi connectivity index (χ0) is 33.6. The molecule has 4 nitrogen and oxygen atoms in total. The van der Waals surface area contributed by atoms with E-state index in [1.54, 1.807) is 0 Å². The van der Waals surface area contributed by atoms with E-state index < -0.39 is 5.97 Å². The molecule has 1 unspecified atom stereocenters. The van der Waals surface area contributed by atoms with Crippen molar-refractivity contribution < 1.29 is 19.4 Å². The van der Waals surface area contributed by atoms with Gasteiger partial charge in [-0.2, -0.15) is 0 Å². The van der Waals surface area contributed by atoms with E-state index in [-0.39, 0.29) is 12.1 Å². The molecule has 268 valence electrons. The average molecular weight is 645 g/mol. The molecule has 0 heterocycles.